The Hall–Kier alpha value is -0.660. The molecule has 10 heteroatoms. The first-order valence-electron chi connectivity index (χ1n) is 16.1. The van der Waals surface area contributed by atoms with Crippen LogP contribution < -0.4 is 0 Å². The van der Waals surface area contributed by atoms with Gasteiger partial charge in [-0.2, -0.15) is 0 Å². The summed E-state index contributed by atoms with van der Waals surface area (Å²) in [6.45, 7) is 8.32. The van der Waals surface area contributed by atoms with Gasteiger partial charge >= 0.3 is 0 Å². The van der Waals surface area contributed by atoms with Gasteiger partial charge in [0.05, 0.1) is 36.6 Å². The largest absolute Gasteiger partial charge is 0.396 e. The van der Waals surface area contributed by atoms with Crippen LogP contribution in [0.25, 0.3) is 0 Å². The summed E-state index contributed by atoms with van der Waals surface area (Å²) in [6, 6.07) is 0. The van der Waals surface area contributed by atoms with E-state index in [9.17, 15) is 40.9 Å². The number of fused-ring (bicyclic) bond motifs is 5. The fraction of sp³-hybridized carbons (Fsp3) is 0.938. The third-order valence-corrected chi connectivity index (χ3v) is 12.3. The van der Waals surface area contributed by atoms with E-state index < -0.39 is 71.4 Å². The molecule has 1 heterocycles. The van der Waals surface area contributed by atoms with Crippen LogP contribution in [0.2, 0.25) is 0 Å². The van der Waals surface area contributed by atoms with E-state index in [2.05, 4.69) is 20.8 Å². The van der Waals surface area contributed by atoms with E-state index >= 15 is 0 Å². The van der Waals surface area contributed by atoms with Gasteiger partial charge in [0.2, 0.25) is 0 Å². The lowest BCUT2D eigenvalue weighted by atomic mass is 9.43. The molecule has 5 rings (SSSR count). The van der Waals surface area contributed by atoms with Gasteiger partial charge in [-0.1, -0.05) is 46.6 Å². The number of ether oxygens (including phenoxy) is 2. The first-order valence-corrected chi connectivity index (χ1v) is 16.1. The predicted octanol–water partition coefficient (Wildman–Crippen LogP) is 0.852. The molecule has 4 aliphatic carbocycles. The lowest BCUT2D eigenvalue weighted by Crippen LogP contribution is -2.66. The number of aliphatic hydroxyl groups excluding tert-OH is 7. The molecule has 42 heavy (non-hydrogen) atoms. The molecule has 1 aliphatic heterocycles. The summed E-state index contributed by atoms with van der Waals surface area (Å²) in [5.41, 5.74) is -1.64. The highest BCUT2D eigenvalue weighted by molar-refractivity contribution is 5.33. The summed E-state index contributed by atoms with van der Waals surface area (Å²) < 4.78 is 11.4. The third kappa shape index (κ3) is 5.21. The normalized spacial score (nSPS) is 52.1. The minimum Gasteiger partial charge on any atom is -0.396 e. The highest BCUT2D eigenvalue weighted by Crippen LogP contribution is 2.69. The SMILES string of the molecule is CC(CO)CCCC(C)C1C(O)C(O)C2C1(C)CCC1C3(C)CCC(OC4OCC(O)C(O)C4O)C=C3C(O)CC12O. The molecule has 0 amide bonds. The average Bonchev–Trinajstić information content (AvgIpc) is 3.14. The van der Waals surface area contributed by atoms with Crippen molar-refractivity contribution in [2.24, 2.45) is 40.4 Å². The fourth-order valence-corrected chi connectivity index (χ4v) is 10.2. The molecule has 5 aliphatic rings. The topological polar surface area (TPSA) is 180 Å². The van der Waals surface area contributed by atoms with Crippen LogP contribution in [0.5, 0.6) is 0 Å². The molecule has 16 unspecified atom stereocenters. The molecule has 10 nitrogen and oxygen atoms in total. The van der Waals surface area contributed by atoms with Crippen LogP contribution in [0.4, 0.5) is 0 Å². The fourth-order valence-electron chi connectivity index (χ4n) is 10.2. The Labute approximate surface area is 249 Å². The second-order valence-electron chi connectivity index (χ2n) is 15.0. The van der Waals surface area contributed by atoms with Gasteiger partial charge in [0.15, 0.2) is 6.29 Å². The maximum atomic E-state index is 12.6. The van der Waals surface area contributed by atoms with E-state index in [0.29, 0.717) is 19.3 Å². The average molecular weight is 599 g/mol. The van der Waals surface area contributed by atoms with Crippen molar-refractivity contribution in [3.05, 3.63) is 11.6 Å². The Kier molecular flexibility index (Phi) is 9.30. The van der Waals surface area contributed by atoms with Gasteiger partial charge in [0.25, 0.3) is 0 Å². The molecule has 0 aromatic rings. The van der Waals surface area contributed by atoms with Crippen LogP contribution in [0.3, 0.4) is 0 Å². The number of hydrogen-bond acceptors (Lipinski definition) is 10. The van der Waals surface area contributed by atoms with Crippen molar-refractivity contribution in [3.8, 4) is 0 Å². The van der Waals surface area contributed by atoms with Crippen molar-refractivity contribution < 1.29 is 50.3 Å². The summed E-state index contributed by atoms with van der Waals surface area (Å²) in [5.74, 6) is -0.645. The van der Waals surface area contributed by atoms with Crippen LogP contribution >= 0.6 is 0 Å². The second-order valence-corrected chi connectivity index (χ2v) is 15.0. The van der Waals surface area contributed by atoms with Crippen molar-refractivity contribution in [3.63, 3.8) is 0 Å². The lowest BCUT2D eigenvalue weighted by Gasteiger charge is -2.64. The van der Waals surface area contributed by atoms with Crippen LogP contribution in [0, 0.1) is 40.4 Å². The number of aliphatic hydroxyl groups is 8. The lowest BCUT2D eigenvalue weighted by molar-refractivity contribution is -0.280. The molecular formula is C32H54O10. The monoisotopic (exact) mass is 598 g/mol. The Bertz CT molecular complexity index is 992. The molecule has 0 aromatic carbocycles. The molecule has 8 N–H and O–H groups in total. The Morgan fingerprint density at radius 1 is 0.952 bits per heavy atom. The maximum absolute atomic E-state index is 12.6. The van der Waals surface area contributed by atoms with Gasteiger partial charge in [-0.05, 0) is 72.2 Å². The highest BCUT2D eigenvalue weighted by atomic mass is 16.7. The first-order chi connectivity index (χ1) is 19.7. The minimum absolute atomic E-state index is 0.0540. The quantitative estimate of drug-likeness (QED) is 0.187. The van der Waals surface area contributed by atoms with E-state index in [-0.39, 0.29) is 43.3 Å². The van der Waals surface area contributed by atoms with Gasteiger partial charge < -0.3 is 50.3 Å². The Morgan fingerprint density at radius 3 is 2.36 bits per heavy atom. The van der Waals surface area contributed by atoms with Crippen molar-refractivity contribution in [1.82, 2.24) is 0 Å². The second kappa shape index (κ2) is 11.9. The molecule has 1 saturated heterocycles. The molecule has 0 spiro atoms. The molecule has 4 fully saturated rings. The molecule has 0 aromatic heterocycles. The minimum atomic E-state index is -1.40. The highest BCUT2D eigenvalue weighted by Gasteiger charge is 2.72. The van der Waals surface area contributed by atoms with E-state index in [4.69, 9.17) is 9.47 Å². The summed E-state index contributed by atoms with van der Waals surface area (Å²) in [7, 11) is 0. The molecule has 242 valence electrons. The standard InChI is InChI=1S/C32H54O10/c1-16(14-33)6-5-7-17(2)23-25(37)26(38)28-31(23,4)11-9-22-30(3)10-8-18(12-19(30)20(34)13-32(22,28)40)42-29-27(39)24(36)21(35)15-41-29/h12,16-18,20-29,33-40H,5-11,13-15H2,1-4H3. The van der Waals surface area contributed by atoms with Crippen LogP contribution in [-0.2, 0) is 9.47 Å². The van der Waals surface area contributed by atoms with E-state index in [1.807, 2.05) is 13.0 Å². The maximum Gasteiger partial charge on any atom is 0.186 e. The third-order valence-electron chi connectivity index (χ3n) is 12.3. The Morgan fingerprint density at radius 2 is 1.67 bits per heavy atom. The van der Waals surface area contributed by atoms with Crippen molar-refractivity contribution in [2.75, 3.05) is 13.2 Å². The van der Waals surface area contributed by atoms with Gasteiger partial charge in [-0.25, -0.2) is 0 Å². The van der Waals surface area contributed by atoms with Crippen molar-refractivity contribution in [2.45, 2.75) is 134 Å². The summed E-state index contributed by atoms with van der Waals surface area (Å²) in [6.07, 6.45) is -1.38. The van der Waals surface area contributed by atoms with Crippen molar-refractivity contribution in [1.29, 1.82) is 0 Å². The zero-order chi connectivity index (χ0) is 30.8. The summed E-state index contributed by atoms with van der Waals surface area (Å²) >= 11 is 0. The van der Waals surface area contributed by atoms with Gasteiger partial charge in [-0.3, -0.25) is 0 Å². The number of rotatable bonds is 8. The van der Waals surface area contributed by atoms with Gasteiger partial charge in [-0.15, -0.1) is 0 Å². The van der Waals surface area contributed by atoms with Crippen LogP contribution in [0.1, 0.15) is 79.1 Å². The van der Waals surface area contributed by atoms with E-state index in [1.54, 1.807) is 0 Å². The van der Waals surface area contributed by atoms with Crippen molar-refractivity contribution >= 4 is 0 Å². The Balaban J connectivity index is 1.36. The van der Waals surface area contributed by atoms with E-state index in [1.165, 1.54) is 0 Å². The smallest absolute Gasteiger partial charge is 0.186 e. The van der Waals surface area contributed by atoms with Crippen LogP contribution in [-0.4, -0.2) is 109 Å². The zero-order valence-electron chi connectivity index (χ0n) is 25.5. The molecule has 3 saturated carbocycles. The first kappa shape index (κ1) is 32.7. The zero-order valence-corrected chi connectivity index (χ0v) is 25.5. The molecular weight excluding hydrogens is 544 g/mol. The molecule has 0 bridgehead atoms. The van der Waals surface area contributed by atoms with E-state index in [0.717, 1.165) is 31.3 Å². The van der Waals surface area contributed by atoms with Crippen LogP contribution in [0.15, 0.2) is 11.6 Å². The summed E-state index contributed by atoms with van der Waals surface area (Å²) in [4.78, 5) is 0. The molecule has 0 radical (unpaired) electrons. The summed E-state index contributed by atoms with van der Waals surface area (Å²) in [5, 5.41) is 86.7. The molecule has 16 atom stereocenters. The van der Waals surface area contributed by atoms with Gasteiger partial charge in [0, 0.05) is 18.9 Å². The van der Waals surface area contributed by atoms with Gasteiger partial charge in [0.1, 0.15) is 18.3 Å². The number of hydrogen-bond donors (Lipinski definition) is 8. The predicted molar refractivity (Wildman–Crippen MR) is 153 cm³/mol.